The molecular weight excluding hydrogens is 188 g/mol. The van der Waals surface area contributed by atoms with E-state index in [4.69, 9.17) is 5.26 Å². The molecule has 0 spiro atoms. The van der Waals surface area contributed by atoms with Crippen LogP contribution in [0.25, 0.3) is 0 Å². The zero-order chi connectivity index (χ0) is 11.3. The lowest BCUT2D eigenvalue weighted by Gasteiger charge is -2.12. The van der Waals surface area contributed by atoms with E-state index in [0.29, 0.717) is 12.5 Å². The van der Waals surface area contributed by atoms with Gasteiger partial charge in [0.2, 0.25) is 0 Å². The van der Waals surface area contributed by atoms with Gasteiger partial charge in [0.15, 0.2) is 0 Å². The van der Waals surface area contributed by atoms with Crippen LogP contribution in [0.1, 0.15) is 32.0 Å². The molecule has 4 nitrogen and oxygen atoms in total. The predicted molar refractivity (Wildman–Crippen MR) is 59.2 cm³/mol. The smallest absolute Gasteiger partial charge is 0.0764 e. The molecule has 0 radical (unpaired) electrons. The Kier molecular flexibility index (Phi) is 4.32. The SMILES string of the molecule is CC(C)n1ccc(CN(C)CCC#N)n1. The van der Waals surface area contributed by atoms with Gasteiger partial charge >= 0.3 is 0 Å². The van der Waals surface area contributed by atoms with E-state index in [-0.39, 0.29) is 0 Å². The average molecular weight is 206 g/mol. The summed E-state index contributed by atoms with van der Waals surface area (Å²) in [6.45, 7) is 5.82. The van der Waals surface area contributed by atoms with E-state index in [1.807, 2.05) is 24.0 Å². The zero-order valence-corrected chi connectivity index (χ0v) is 9.64. The number of hydrogen-bond donors (Lipinski definition) is 0. The fourth-order valence-electron chi connectivity index (χ4n) is 1.35. The lowest BCUT2D eigenvalue weighted by molar-refractivity contribution is 0.328. The lowest BCUT2D eigenvalue weighted by Crippen LogP contribution is -2.19. The Labute approximate surface area is 91.1 Å². The number of nitrogens with zero attached hydrogens (tertiary/aromatic N) is 4. The normalized spacial score (nSPS) is 10.9. The first kappa shape index (κ1) is 11.7. The van der Waals surface area contributed by atoms with E-state index < -0.39 is 0 Å². The van der Waals surface area contributed by atoms with Crippen molar-refractivity contribution in [2.45, 2.75) is 32.9 Å². The van der Waals surface area contributed by atoms with Gasteiger partial charge in [-0.3, -0.25) is 9.58 Å². The highest BCUT2D eigenvalue weighted by atomic mass is 15.3. The second kappa shape index (κ2) is 5.52. The van der Waals surface area contributed by atoms with Crippen LogP contribution in [-0.4, -0.2) is 28.3 Å². The van der Waals surface area contributed by atoms with Gasteiger partial charge in [-0.05, 0) is 27.0 Å². The minimum Gasteiger partial charge on any atom is -0.299 e. The van der Waals surface area contributed by atoms with Gasteiger partial charge in [-0.2, -0.15) is 10.4 Å². The second-order valence-electron chi connectivity index (χ2n) is 4.03. The molecule has 0 aliphatic carbocycles. The molecule has 0 saturated carbocycles. The fraction of sp³-hybridized carbons (Fsp3) is 0.636. The monoisotopic (exact) mass is 206 g/mol. The van der Waals surface area contributed by atoms with Crippen LogP contribution < -0.4 is 0 Å². The van der Waals surface area contributed by atoms with E-state index >= 15 is 0 Å². The third kappa shape index (κ3) is 3.72. The number of aromatic nitrogens is 2. The molecule has 0 unspecified atom stereocenters. The van der Waals surface area contributed by atoms with Crippen molar-refractivity contribution in [2.24, 2.45) is 0 Å². The Balaban J connectivity index is 2.47. The van der Waals surface area contributed by atoms with Gasteiger partial charge in [0.05, 0.1) is 11.8 Å². The molecule has 0 aliphatic rings. The van der Waals surface area contributed by atoms with Crippen molar-refractivity contribution in [2.75, 3.05) is 13.6 Å². The third-order valence-corrected chi connectivity index (χ3v) is 2.23. The summed E-state index contributed by atoms with van der Waals surface area (Å²) in [6.07, 6.45) is 2.57. The van der Waals surface area contributed by atoms with Crippen molar-refractivity contribution < 1.29 is 0 Å². The maximum atomic E-state index is 8.46. The number of hydrogen-bond acceptors (Lipinski definition) is 3. The van der Waals surface area contributed by atoms with Crippen molar-refractivity contribution in [3.05, 3.63) is 18.0 Å². The van der Waals surface area contributed by atoms with Crippen molar-refractivity contribution in [1.82, 2.24) is 14.7 Å². The molecule has 82 valence electrons. The van der Waals surface area contributed by atoms with Crippen molar-refractivity contribution in [3.8, 4) is 6.07 Å². The Morgan fingerprint density at radius 2 is 2.33 bits per heavy atom. The van der Waals surface area contributed by atoms with E-state index in [1.165, 1.54) is 0 Å². The first-order valence-corrected chi connectivity index (χ1v) is 5.23. The maximum absolute atomic E-state index is 8.46. The number of nitriles is 1. The molecule has 1 heterocycles. The molecule has 0 aromatic carbocycles. The Hall–Kier alpha value is -1.34. The summed E-state index contributed by atoms with van der Waals surface area (Å²) in [5, 5.41) is 12.9. The van der Waals surface area contributed by atoms with Crippen LogP contribution in [0.2, 0.25) is 0 Å². The topological polar surface area (TPSA) is 44.9 Å². The van der Waals surface area contributed by atoms with E-state index in [1.54, 1.807) is 0 Å². The number of rotatable bonds is 5. The highest BCUT2D eigenvalue weighted by Crippen LogP contribution is 2.06. The molecule has 1 rings (SSSR count). The fourth-order valence-corrected chi connectivity index (χ4v) is 1.35. The Morgan fingerprint density at radius 1 is 1.60 bits per heavy atom. The van der Waals surface area contributed by atoms with Gasteiger partial charge in [0, 0.05) is 31.7 Å². The zero-order valence-electron chi connectivity index (χ0n) is 9.64. The molecule has 0 N–H and O–H groups in total. The summed E-state index contributed by atoms with van der Waals surface area (Å²) in [6, 6.07) is 4.58. The summed E-state index contributed by atoms with van der Waals surface area (Å²) in [5.41, 5.74) is 1.06. The summed E-state index contributed by atoms with van der Waals surface area (Å²) in [5.74, 6) is 0. The van der Waals surface area contributed by atoms with Gasteiger partial charge in [0.25, 0.3) is 0 Å². The van der Waals surface area contributed by atoms with Gasteiger partial charge in [-0.25, -0.2) is 0 Å². The summed E-state index contributed by atoms with van der Waals surface area (Å²) < 4.78 is 1.95. The molecule has 0 fully saturated rings. The molecule has 0 bridgehead atoms. The maximum Gasteiger partial charge on any atom is 0.0764 e. The van der Waals surface area contributed by atoms with E-state index in [2.05, 4.69) is 29.9 Å². The van der Waals surface area contributed by atoms with E-state index in [0.717, 1.165) is 18.8 Å². The Bertz CT molecular complexity index is 335. The van der Waals surface area contributed by atoms with Gasteiger partial charge in [-0.15, -0.1) is 0 Å². The first-order valence-electron chi connectivity index (χ1n) is 5.23. The minimum absolute atomic E-state index is 0.406. The van der Waals surface area contributed by atoms with Crippen molar-refractivity contribution >= 4 is 0 Å². The molecule has 0 atom stereocenters. The molecule has 1 aromatic rings. The lowest BCUT2D eigenvalue weighted by atomic mass is 10.3. The summed E-state index contributed by atoms with van der Waals surface area (Å²) in [4.78, 5) is 2.11. The average Bonchev–Trinajstić information content (AvgIpc) is 2.63. The quantitative estimate of drug-likeness (QED) is 0.738. The van der Waals surface area contributed by atoms with Crippen molar-refractivity contribution in [1.29, 1.82) is 5.26 Å². The highest BCUT2D eigenvalue weighted by molar-refractivity contribution is 4.99. The third-order valence-electron chi connectivity index (χ3n) is 2.23. The highest BCUT2D eigenvalue weighted by Gasteiger charge is 2.04. The molecule has 0 saturated heterocycles. The van der Waals surface area contributed by atoms with Crippen LogP contribution in [-0.2, 0) is 6.54 Å². The standard InChI is InChI=1S/C11H18N4/c1-10(2)15-8-5-11(13-15)9-14(3)7-4-6-12/h5,8,10H,4,7,9H2,1-3H3. The van der Waals surface area contributed by atoms with Crippen LogP contribution in [0.15, 0.2) is 12.3 Å². The summed E-state index contributed by atoms with van der Waals surface area (Å²) >= 11 is 0. The van der Waals surface area contributed by atoms with Crippen LogP contribution >= 0.6 is 0 Å². The van der Waals surface area contributed by atoms with Gasteiger partial charge in [-0.1, -0.05) is 0 Å². The minimum atomic E-state index is 0.406. The Morgan fingerprint density at radius 3 is 2.87 bits per heavy atom. The summed E-state index contributed by atoms with van der Waals surface area (Å²) in [7, 11) is 2.01. The molecule has 0 amide bonds. The molecular formula is C11H18N4. The van der Waals surface area contributed by atoms with Crippen LogP contribution in [0.3, 0.4) is 0 Å². The molecule has 1 aromatic heterocycles. The van der Waals surface area contributed by atoms with Crippen molar-refractivity contribution in [3.63, 3.8) is 0 Å². The first-order chi connectivity index (χ1) is 7.13. The van der Waals surface area contributed by atoms with Crippen LogP contribution in [0.4, 0.5) is 0 Å². The van der Waals surface area contributed by atoms with E-state index in [9.17, 15) is 0 Å². The van der Waals surface area contributed by atoms with Crippen LogP contribution in [0, 0.1) is 11.3 Å². The molecule has 4 heteroatoms. The predicted octanol–water partition coefficient (Wildman–Crippen LogP) is 1.81. The molecule has 0 aliphatic heterocycles. The largest absolute Gasteiger partial charge is 0.299 e. The van der Waals surface area contributed by atoms with Gasteiger partial charge in [0.1, 0.15) is 0 Å². The van der Waals surface area contributed by atoms with Gasteiger partial charge < -0.3 is 0 Å². The van der Waals surface area contributed by atoms with Crippen LogP contribution in [0.5, 0.6) is 0 Å². The molecule has 15 heavy (non-hydrogen) atoms. The second-order valence-corrected chi connectivity index (χ2v) is 4.03.